The van der Waals surface area contributed by atoms with E-state index in [1.54, 1.807) is 0 Å². The second-order valence-electron chi connectivity index (χ2n) is 7.13. The third-order valence-corrected chi connectivity index (χ3v) is 4.84. The molecule has 1 aromatic carbocycles. The van der Waals surface area contributed by atoms with Gasteiger partial charge in [-0.3, -0.25) is 0 Å². The fourth-order valence-corrected chi connectivity index (χ4v) is 2.58. The average molecular weight is 289 g/mol. The van der Waals surface area contributed by atoms with Crippen LogP contribution in [-0.4, -0.2) is 30.5 Å². The summed E-state index contributed by atoms with van der Waals surface area (Å²) in [5, 5.41) is 0. The molecule has 2 fully saturated rings. The lowest BCUT2D eigenvalue weighted by Crippen LogP contribution is -2.43. The zero-order chi connectivity index (χ0) is 15.3. The highest BCUT2D eigenvalue weighted by Crippen LogP contribution is 2.36. The van der Waals surface area contributed by atoms with Gasteiger partial charge in [-0.15, -0.1) is 0 Å². The zero-order valence-corrected chi connectivity index (χ0v) is 13.3. The van der Waals surface area contributed by atoms with Crippen LogP contribution < -0.4 is 15.9 Å². The van der Waals surface area contributed by atoms with Crippen LogP contribution >= 0.6 is 0 Å². The number of nitrogens with two attached hydrogens (primary N) is 1. The molecule has 2 N–H and O–H groups in total. The van der Waals surface area contributed by atoms with Crippen molar-refractivity contribution in [3.05, 3.63) is 24.3 Å². The van der Waals surface area contributed by atoms with Crippen molar-refractivity contribution in [1.29, 1.82) is 0 Å². The van der Waals surface area contributed by atoms with Crippen LogP contribution in [-0.2, 0) is 9.31 Å². The summed E-state index contributed by atoms with van der Waals surface area (Å²) < 4.78 is 17.9. The van der Waals surface area contributed by atoms with Crippen LogP contribution in [0.3, 0.4) is 0 Å². The summed E-state index contributed by atoms with van der Waals surface area (Å²) in [4.78, 5) is 0. The molecular weight excluding hydrogens is 265 g/mol. The van der Waals surface area contributed by atoms with Crippen molar-refractivity contribution in [3.63, 3.8) is 0 Å². The Hall–Kier alpha value is -1.04. The first kappa shape index (κ1) is 14.9. The molecule has 0 unspecified atom stereocenters. The largest absolute Gasteiger partial charge is 0.494 e. The van der Waals surface area contributed by atoms with Crippen LogP contribution in [0.15, 0.2) is 24.3 Å². The molecule has 1 saturated heterocycles. The Bertz CT molecular complexity index is 493. The van der Waals surface area contributed by atoms with Crippen molar-refractivity contribution < 1.29 is 14.0 Å². The van der Waals surface area contributed by atoms with E-state index in [1.165, 1.54) is 0 Å². The number of rotatable bonds is 3. The van der Waals surface area contributed by atoms with E-state index in [9.17, 15) is 0 Å². The first-order valence-electron chi connectivity index (χ1n) is 7.65. The molecule has 1 aromatic rings. The molecule has 0 spiro atoms. The molecule has 3 rings (SSSR count). The maximum Gasteiger partial charge on any atom is 0.494 e. The van der Waals surface area contributed by atoms with Crippen molar-refractivity contribution in [2.75, 3.05) is 0 Å². The maximum atomic E-state index is 6.04. The molecule has 0 amide bonds. The molecule has 21 heavy (non-hydrogen) atoms. The highest BCUT2D eigenvalue weighted by molar-refractivity contribution is 6.62. The predicted molar refractivity (Wildman–Crippen MR) is 83.8 cm³/mol. The van der Waals surface area contributed by atoms with E-state index in [1.807, 2.05) is 24.3 Å². The fraction of sp³-hybridized carbons (Fsp3) is 0.625. The molecule has 5 heteroatoms. The van der Waals surface area contributed by atoms with Gasteiger partial charge in [0.25, 0.3) is 0 Å². The summed E-state index contributed by atoms with van der Waals surface area (Å²) in [5.74, 6) is 0.882. The SMILES string of the molecule is CC1(C)OB(c2ccc(O[C@H]3C[C@@H](N)C3)cc2)OC1(C)C. The first-order chi connectivity index (χ1) is 9.77. The van der Waals surface area contributed by atoms with Crippen LogP contribution in [0.1, 0.15) is 40.5 Å². The Morgan fingerprint density at radius 1 is 1.05 bits per heavy atom. The molecule has 0 radical (unpaired) electrons. The lowest BCUT2D eigenvalue weighted by atomic mass is 9.79. The third kappa shape index (κ3) is 2.82. The van der Waals surface area contributed by atoms with E-state index in [0.717, 1.165) is 24.1 Å². The van der Waals surface area contributed by atoms with Crippen molar-refractivity contribution in [1.82, 2.24) is 0 Å². The third-order valence-electron chi connectivity index (χ3n) is 4.84. The molecule has 114 valence electrons. The Labute approximate surface area is 127 Å². The highest BCUT2D eigenvalue weighted by atomic mass is 16.7. The van der Waals surface area contributed by atoms with E-state index in [-0.39, 0.29) is 24.4 Å². The molecule has 0 bridgehead atoms. The zero-order valence-electron chi connectivity index (χ0n) is 13.3. The molecule has 1 aliphatic carbocycles. The Kier molecular flexibility index (Phi) is 3.55. The second-order valence-corrected chi connectivity index (χ2v) is 7.13. The second kappa shape index (κ2) is 5.01. The van der Waals surface area contributed by atoms with Crippen LogP contribution in [0.2, 0.25) is 0 Å². The normalized spacial score (nSPS) is 30.0. The minimum atomic E-state index is -0.318. The molecule has 4 nitrogen and oxygen atoms in total. The average Bonchev–Trinajstić information content (AvgIpc) is 2.57. The van der Waals surface area contributed by atoms with Crippen LogP contribution in [0.4, 0.5) is 0 Å². The van der Waals surface area contributed by atoms with Gasteiger partial charge in [-0.1, -0.05) is 12.1 Å². The lowest BCUT2D eigenvalue weighted by Gasteiger charge is -2.32. The molecule has 0 atom stereocenters. The van der Waals surface area contributed by atoms with Gasteiger partial charge in [0, 0.05) is 6.04 Å². The van der Waals surface area contributed by atoms with Crippen molar-refractivity contribution in [2.45, 2.75) is 63.9 Å². The lowest BCUT2D eigenvalue weighted by molar-refractivity contribution is 0.00578. The Balaban J connectivity index is 1.65. The quantitative estimate of drug-likeness (QED) is 0.863. The molecule has 2 aliphatic rings. The number of hydrogen-bond acceptors (Lipinski definition) is 4. The van der Waals surface area contributed by atoms with Gasteiger partial charge >= 0.3 is 7.12 Å². The van der Waals surface area contributed by atoms with E-state index in [4.69, 9.17) is 19.8 Å². The summed E-state index contributed by atoms with van der Waals surface area (Å²) in [6, 6.07) is 8.28. The topological polar surface area (TPSA) is 53.7 Å². The molecule has 1 saturated carbocycles. The van der Waals surface area contributed by atoms with E-state index >= 15 is 0 Å². The van der Waals surface area contributed by atoms with E-state index in [0.29, 0.717) is 6.04 Å². The number of benzene rings is 1. The van der Waals surface area contributed by atoms with Crippen LogP contribution in [0, 0.1) is 0 Å². The van der Waals surface area contributed by atoms with Crippen molar-refractivity contribution in [3.8, 4) is 5.75 Å². The molecular formula is C16H24BNO3. The monoisotopic (exact) mass is 289 g/mol. The van der Waals surface area contributed by atoms with Gasteiger partial charge in [-0.25, -0.2) is 0 Å². The van der Waals surface area contributed by atoms with Gasteiger partial charge < -0.3 is 19.8 Å². The van der Waals surface area contributed by atoms with E-state index in [2.05, 4.69) is 27.7 Å². The van der Waals surface area contributed by atoms with Gasteiger partial charge in [0.15, 0.2) is 0 Å². The molecule has 1 heterocycles. The van der Waals surface area contributed by atoms with Crippen molar-refractivity contribution >= 4 is 12.6 Å². The van der Waals surface area contributed by atoms with Gasteiger partial charge in [-0.2, -0.15) is 0 Å². The number of hydrogen-bond donors (Lipinski definition) is 1. The predicted octanol–water partition coefficient (Wildman–Crippen LogP) is 1.85. The molecule has 0 aromatic heterocycles. The standard InChI is InChI=1S/C16H24BNO3/c1-15(2)16(3,4)21-17(20-15)11-5-7-13(8-6-11)19-14-9-12(18)10-14/h5-8,12,14H,9-10,18H2,1-4H3/t12-,14+. The highest BCUT2D eigenvalue weighted by Gasteiger charge is 2.51. The minimum absolute atomic E-state index is 0.266. The summed E-state index contributed by atoms with van der Waals surface area (Å²) in [6.45, 7) is 8.24. The van der Waals surface area contributed by atoms with Crippen LogP contribution in [0.5, 0.6) is 5.75 Å². The first-order valence-corrected chi connectivity index (χ1v) is 7.65. The summed E-state index contributed by atoms with van der Waals surface area (Å²) in [7, 11) is -0.318. The van der Waals surface area contributed by atoms with Gasteiger partial charge in [0.05, 0.1) is 11.2 Å². The van der Waals surface area contributed by atoms with Crippen LogP contribution in [0.25, 0.3) is 0 Å². The van der Waals surface area contributed by atoms with Gasteiger partial charge in [-0.05, 0) is 58.1 Å². The number of ether oxygens (including phenoxy) is 1. The maximum absolute atomic E-state index is 6.04. The van der Waals surface area contributed by atoms with Gasteiger partial charge in [0.1, 0.15) is 11.9 Å². The van der Waals surface area contributed by atoms with E-state index < -0.39 is 0 Å². The fourth-order valence-electron chi connectivity index (χ4n) is 2.58. The summed E-state index contributed by atoms with van der Waals surface area (Å²) in [6.07, 6.45) is 2.15. The smallest absolute Gasteiger partial charge is 0.490 e. The molecule has 1 aliphatic heterocycles. The summed E-state index contributed by atoms with van der Waals surface area (Å²) >= 11 is 0. The van der Waals surface area contributed by atoms with Gasteiger partial charge in [0.2, 0.25) is 0 Å². The Morgan fingerprint density at radius 3 is 2.05 bits per heavy atom. The Morgan fingerprint density at radius 2 is 1.57 bits per heavy atom. The summed E-state index contributed by atoms with van der Waals surface area (Å²) in [5.41, 5.74) is 6.17. The van der Waals surface area contributed by atoms with Crippen molar-refractivity contribution in [2.24, 2.45) is 5.73 Å². The minimum Gasteiger partial charge on any atom is -0.490 e.